The highest BCUT2D eigenvalue weighted by Gasteiger charge is 2.17. The maximum atomic E-state index is 11.9. The Labute approximate surface area is 106 Å². The zero-order chi connectivity index (χ0) is 12.7. The molecule has 3 aromatic rings. The lowest BCUT2D eigenvalue weighted by atomic mass is 10.2. The van der Waals surface area contributed by atoms with E-state index in [2.05, 4.69) is 20.5 Å². The van der Waals surface area contributed by atoms with Gasteiger partial charge in [-0.3, -0.25) is 9.89 Å². The van der Waals surface area contributed by atoms with Crippen molar-refractivity contribution in [3.63, 3.8) is 0 Å². The lowest BCUT2D eigenvalue weighted by Crippen LogP contribution is -2.23. The molecule has 2 heterocycles. The summed E-state index contributed by atoms with van der Waals surface area (Å²) in [7, 11) is 0. The SMILES string of the molecule is CCNC(=O)c1n[nH]c2ccc3nc(N)sc3c12. The number of carbonyl (C=O) groups is 1. The number of nitrogens with two attached hydrogens (primary N) is 1. The van der Waals surface area contributed by atoms with Crippen LogP contribution in [0.1, 0.15) is 17.4 Å². The van der Waals surface area contributed by atoms with Crippen molar-refractivity contribution in [3.8, 4) is 0 Å². The number of benzene rings is 1. The van der Waals surface area contributed by atoms with Crippen molar-refractivity contribution in [1.29, 1.82) is 0 Å². The van der Waals surface area contributed by atoms with Crippen molar-refractivity contribution in [2.45, 2.75) is 6.92 Å². The van der Waals surface area contributed by atoms with Crippen molar-refractivity contribution in [2.75, 3.05) is 12.3 Å². The second kappa shape index (κ2) is 3.95. The lowest BCUT2D eigenvalue weighted by molar-refractivity contribution is 0.0952. The Kier molecular flexibility index (Phi) is 2.41. The van der Waals surface area contributed by atoms with Crippen LogP contribution in [0.25, 0.3) is 21.1 Å². The minimum atomic E-state index is -0.191. The molecule has 3 rings (SSSR count). The van der Waals surface area contributed by atoms with Crippen LogP contribution in [0, 0.1) is 0 Å². The van der Waals surface area contributed by atoms with Gasteiger partial charge in [-0.05, 0) is 19.1 Å². The highest BCUT2D eigenvalue weighted by atomic mass is 32.1. The third kappa shape index (κ3) is 1.52. The Bertz CT molecular complexity index is 744. The average Bonchev–Trinajstić information content (AvgIpc) is 2.90. The molecule has 0 spiro atoms. The third-order valence-electron chi connectivity index (χ3n) is 2.65. The standard InChI is InChI=1S/C11H11N5OS/c1-2-13-10(17)8-7-5(15-16-8)3-4-6-9(7)18-11(12)14-6/h3-4H,2H2,1H3,(H2,12,14)(H,13,17)(H,15,16). The van der Waals surface area contributed by atoms with Crippen molar-refractivity contribution in [3.05, 3.63) is 17.8 Å². The van der Waals surface area contributed by atoms with E-state index < -0.39 is 0 Å². The summed E-state index contributed by atoms with van der Waals surface area (Å²) in [5.41, 5.74) is 7.70. The van der Waals surface area contributed by atoms with Crippen LogP contribution in [-0.2, 0) is 0 Å². The monoisotopic (exact) mass is 261 g/mol. The average molecular weight is 261 g/mol. The van der Waals surface area contributed by atoms with E-state index in [0.717, 1.165) is 21.1 Å². The van der Waals surface area contributed by atoms with Crippen LogP contribution in [0.4, 0.5) is 5.13 Å². The van der Waals surface area contributed by atoms with Gasteiger partial charge < -0.3 is 11.1 Å². The zero-order valence-electron chi connectivity index (χ0n) is 9.65. The molecule has 0 radical (unpaired) electrons. The number of rotatable bonds is 2. The van der Waals surface area contributed by atoms with Gasteiger partial charge in [0.25, 0.3) is 5.91 Å². The Balaban J connectivity index is 2.33. The summed E-state index contributed by atoms with van der Waals surface area (Å²) in [5.74, 6) is -0.191. The van der Waals surface area contributed by atoms with Gasteiger partial charge >= 0.3 is 0 Å². The molecule has 0 saturated heterocycles. The van der Waals surface area contributed by atoms with E-state index in [1.807, 2.05) is 19.1 Å². The summed E-state index contributed by atoms with van der Waals surface area (Å²) in [6, 6.07) is 3.72. The largest absolute Gasteiger partial charge is 0.375 e. The Morgan fingerprint density at radius 1 is 1.56 bits per heavy atom. The Hall–Kier alpha value is -2.15. The Morgan fingerprint density at radius 3 is 3.17 bits per heavy atom. The fourth-order valence-corrected chi connectivity index (χ4v) is 2.80. The number of nitrogen functional groups attached to an aromatic ring is 1. The number of thiazole rings is 1. The third-order valence-corrected chi connectivity index (χ3v) is 3.57. The van der Waals surface area contributed by atoms with Gasteiger partial charge in [-0.1, -0.05) is 11.3 Å². The number of hydrogen-bond donors (Lipinski definition) is 3. The quantitative estimate of drug-likeness (QED) is 0.651. The molecule has 92 valence electrons. The number of H-pyrrole nitrogens is 1. The summed E-state index contributed by atoms with van der Waals surface area (Å²) in [6.45, 7) is 2.43. The fraction of sp³-hybridized carbons (Fsp3) is 0.182. The van der Waals surface area contributed by atoms with Gasteiger partial charge in [0, 0.05) is 6.54 Å². The van der Waals surface area contributed by atoms with E-state index in [4.69, 9.17) is 5.73 Å². The van der Waals surface area contributed by atoms with E-state index in [-0.39, 0.29) is 5.91 Å². The molecule has 1 aromatic carbocycles. The molecule has 0 unspecified atom stereocenters. The molecule has 0 aliphatic rings. The first-order valence-electron chi connectivity index (χ1n) is 5.52. The van der Waals surface area contributed by atoms with Crippen LogP contribution in [0.3, 0.4) is 0 Å². The van der Waals surface area contributed by atoms with E-state index in [1.54, 1.807) is 0 Å². The van der Waals surface area contributed by atoms with Crippen LogP contribution in [0.5, 0.6) is 0 Å². The van der Waals surface area contributed by atoms with E-state index >= 15 is 0 Å². The smallest absolute Gasteiger partial charge is 0.272 e. The molecule has 4 N–H and O–H groups in total. The number of fused-ring (bicyclic) bond motifs is 3. The number of aromatic nitrogens is 3. The molecule has 0 aliphatic carbocycles. The molecule has 0 saturated carbocycles. The zero-order valence-corrected chi connectivity index (χ0v) is 10.5. The number of amides is 1. The van der Waals surface area contributed by atoms with E-state index in [9.17, 15) is 4.79 Å². The second-order valence-corrected chi connectivity index (χ2v) is 4.85. The summed E-state index contributed by atoms with van der Waals surface area (Å²) in [4.78, 5) is 16.1. The second-order valence-electron chi connectivity index (χ2n) is 3.82. The van der Waals surface area contributed by atoms with E-state index in [1.165, 1.54) is 11.3 Å². The summed E-state index contributed by atoms with van der Waals surface area (Å²) < 4.78 is 0.889. The molecule has 1 amide bonds. The van der Waals surface area contributed by atoms with Gasteiger partial charge in [0.2, 0.25) is 0 Å². The van der Waals surface area contributed by atoms with E-state index in [0.29, 0.717) is 17.4 Å². The minimum absolute atomic E-state index is 0.191. The molecular formula is C11H11N5OS. The Morgan fingerprint density at radius 2 is 2.39 bits per heavy atom. The maximum Gasteiger partial charge on any atom is 0.272 e. The number of anilines is 1. The molecule has 2 aromatic heterocycles. The highest BCUT2D eigenvalue weighted by Crippen LogP contribution is 2.32. The topological polar surface area (TPSA) is 96.7 Å². The van der Waals surface area contributed by atoms with Crippen LogP contribution >= 0.6 is 11.3 Å². The predicted molar refractivity (Wildman–Crippen MR) is 71.7 cm³/mol. The first kappa shape index (κ1) is 11.0. The number of nitrogens with zero attached hydrogens (tertiary/aromatic N) is 2. The van der Waals surface area contributed by atoms with Crippen molar-refractivity contribution in [2.24, 2.45) is 0 Å². The summed E-state index contributed by atoms with van der Waals surface area (Å²) >= 11 is 1.36. The molecular weight excluding hydrogens is 250 g/mol. The summed E-state index contributed by atoms with van der Waals surface area (Å²) in [5, 5.41) is 10.9. The lowest BCUT2D eigenvalue weighted by Gasteiger charge is -1.98. The van der Waals surface area contributed by atoms with Gasteiger partial charge in [-0.2, -0.15) is 5.10 Å². The number of hydrogen-bond acceptors (Lipinski definition) is 5. The van der Waals surface area contributed by atoms with Crippen molar-refractivity contribution in [1.82, 2.24) is 20.5 Å². The molecule has 0 fully saturated rings. The number of carbonyl (C=O) groups excluding carboxylic acids is 1. The maximum absolute atomic E-state index is 11.9. The highest BCUT2D eigenvalue weighted by molar-refractivity contribution is 7.23. The molecule has 7 heteroatoms. The van der Waals surface area contributed by atoms with Crippen LogP contribution < -0.4 is 11.1 Å². The van der Waals surface area contributed by atoms with Crippen molar-refractivity contribution < 1.29 is 4.79 Å². The molecule has 0 bridgehead atoms. The van der Waals surface area contributed by atoms with Crippen LogP contribution in [-0.4, -0.2) is 27.6 Å². The fourth-order valence-electron chi connectivity index (χ4n) is 1.92. The summed E-state index contributed by atoms with van der Waals surface area (Å²) in [6.07, 6.45) is 0. The number of nitrogens with one attached hydrogen (secondary N) is 2. The normalized spacial score (nSPS) is 11.2. The van der Waals surface area contributed by atoms with Gasteiger partial charge in [-0.25, -0.2) is 4.98 Å². The minimum Gasteiger partial charge on any atom is -0.375 e. The van der Waals surface area contributed by atoms with Gasteiger partial charge in [-0.15, -0.1) is 0 Å². The van der Waals surface area contributed by atoms with Gasteiger partial charge in [0.1, 0.15) is 0 Å². The molecule has 0 atom stereocenters. The molecule has 18 heavy (non-hydrogen) atoms. The first-order chi connectivity index (χ1) is 8.70. The number of aromatic amines is 1. The van der Waals surface area contributed by atoms with Crippen molar-refractivity contribution >= 4 is 43.5 Å². The van der Waals surface area contributed by atoms with Crippen LogP contribution in [0.2, 0.25) is 0 Å². The first-order valence-corrected chi connectivity index (χ1v) is 6.33. The predicted octanol–water partition coefficient (Wildman–Crippen LogP) is 1.50. The molecule has 6 nitrogen and oxygen atoms in total. The molecule has 0 aliphatic heterocycles. The van der Waals surface area contributed by atoms with Crippen LogP contribution in [0.15, 0.2) is 12.1 Å². The van der Waals surface area contributed by atoms with Gasteiger partial charge in [0.15, 0.2) is 10.8 Å². The van der Waals surface area contributed by atoms with Gasteiger partial charge in [0.05, 0.1) is 21.1 Å².